The van der Waals surface area contributed by atoms with Crippen LogP contribution in [0.2, 0.25) is 5.28 Å². The van der Waals surface area contributed by atoms with Gasteiger partial charge in [-0.25, -0.2) is 13.8 Å². The van der Waals surface area contributed by atoms with Crippen molar-refractivity contribution in [2.24, 2.45) is 0 Å². The van der Waals surface area contributed by atoms with Crippen LogP contribution in [0, 0.1) is 11.6 Å². The van der Waals surface area contributed by atoms with Crippen LogP contribution in [0.5, 0.6) is 0 Å². The zero-order valence-electron chi connectivity index (χ0n) is 12.0. The summed E-state index contributed by atoms with van der Waals surface area (Å²) in [6.45, 7) is 0.254. The summed E-state index contributed by atoms with van der Waals surface area (Å²) in [7, 11) is -4.06. The van der Waals surface area contributed by atoms with Gasteiger partial charge in [-0.05, 0) is 30.2 Å². The molecule has 0 bridgehead atoms. The number of benzene rings is 1. The van der Waals surface area contributed by atoms with Crippen LogP contribution in [0.15, 0.2) is 12.1 Å². The molecule has 2 heterocycles. The van der Waals surface area contributed by atoms with Gasteiger partial charge in [0.1, 0.15) is 5.82 Å². The van der Waals surface area contributed by atoms with E-state index in [4.69, 9.17) is 21.4 Å². The van der Waals surface area contributed by atoms with Crippen molar-refractivity contribution in [3.8, 4) is 0 Å². The van der Waals surface area contributed by atoms with Crippen LogP contribution in [0.1, 0.15) is 6.42 Å². The summed E-state index contributed by atoms with van der Waals surface area (Å²) in [5, 5.41) is 3.30. The molecule has 0 amide bonds. The lowest BCUT2D eigenvalue weighted by atomic mass is 10.2. The van der Waals surface area contributed by atoms with Crippen molar-refractivity contribution in [1.82, 2.24) is 9.97 Å². The Kier molecular flexibility index (Phi) is 4.72. The fraction of sp³-hybridized carbons (Fsp3) is 0.231. The smallest absolute Gasteiger partial charge is 0.325 e. The van der Waals surface area contributed by atoms with Crippen LogP contribution in [0.25, 0.3) is 20.3 Å². The van der Waals surface area contributed by atoms with Crippen molar-refractivity contribution in [1.29, 1.82) is 0 Å². The highest BCUT2D eigenvalue weighted by Gasteiger charge is 2.16. The molecule has 0 saturated heterocycles. The summed E-state index contributed by atoms with van der Waals surface area (Å²) in [6.07, 6.45) is -0.0354. The van der Waals surface area contributed by atoms with Crippen molar-refractivity contribution in [2.45, 2.75) is 6.42 Å². The van der Waals surface area contributed by atoms with Gasteiger partial charge in [-0.15, -0.1) is 11.3 Å². The molecule has 128 valence electrons. The van der Waals surface area contributed by atoms with E-state index in [0.29, 0.717) is 26.1 Å². The minimum absolute atomic E-state index is 0.0654. The summed E-state index contributed by atoms with van der Waals surface area (Å²) in [4.78, 5) is 25.8. The Balaban J connectivity index is 1.97. The maximum atomic E-state index is 13.5. The van der Waals surface area contributed by atoms with E-state index in [-0.39, 0.29) is 24.4 Å². The van der Waals surface area contributed by atoms with Crippen molar-refractivity contribution < 1.29 is 23.1 Å². The number of nitrogens with one attached hydrogen (secondary N) is 1. The van der Waals surface area contributed by atoms with E-state index in [2.05, 4.69) is 15.3 Å². The summed E-state index contributed by atoms with van der Waals surface area (Å²) in [5.74, 6) is -1.57. The van der Waals surface area contributed by atoms with E-state index in [0.717, 1.165) is 12.1 Å². The highest BCUT2D eigenvalue weighted by molar-refractivity contribution is 7.51. The summed E-state index contributed by atoms with van der Waals surface area (Å²) < 4.78 is 38.8. The topological polar surface area (TPSA) is 95.3 Å². The van der Waals surface area contributed by atoms with E-state index >= 15 is 0 Å². The van der Waals surface area contributed by atoms with Crippen molar-refractivity contribution in [3.63, 3.8) is 0 Å². The molecule has 11 heteroatoms. The molecule has 3 N–H and O–H groups in total. The maximum Gasteiger partial charge on any atom is 0.325 e. The number of nitrogens with zero attached hydrogens (tertiary/aromatic N) is 2. The van der Waals surface area contributed by atoms with Gasteiger partial charge in [0.2, 0.25) is 5.28 Å². The van der Waals surface area contributed by atoms with E-state index in [1.807, 2.05) is 0 Å². The minimum atomic E-state index is -4.06. The van der Waals surface area contributed by atoms with E-state index in [1.54, 1.807) is 0 Å². The minimum Gasteiger partial charge on any atom is -0.369 e. The Bertz CT molecular complexity index is 978. The van der Waals surface area contributed by atoms with Gasteiger partial charge in [-0.2, -0.15) is 4.98 Å². The quantitative estimate of drug-likeness (QED) is 0.347. The van der Waals surface area contributed by atoms with Crippen LogP contribution in [-0.4, -0.2) is 32.5 Å². The molecule has 0 fully saturated rings. The third-order valence-corrected chi connectivity index (χ3v) is 5.46. The van der Waals surface area contributed by atoms with Crippen molar-refractivity contribution >= 4 is 56.7 Å². The molecular weight excluding hydrogens is 383 g/mol. The highest BCUT2D eigenvalue weighted by atomic mass is 35.5. The third kappa shape index (κ3) is 3.65. The predicted molar refractivity (Wildman–Crippen MR) is 89.9 cm³/mol. The predicted octanol–water partition coefficient (Wildman–Crippen LogP) is 3.76. The van der Waals surface area contributed by atoms with Gasteiger partial charge in [0.05, 0.1) is 16.4 Å². The zero-order valence-corrected chi connectivity index (χ0v) is 14.4. The van der Waals surface area contributed by atoms with E-state index in [1.165, 1.54) is 11.3 Å². The van der Waals surface area contributed by atoms with Gasteiger partial charge in [0, 0.05) is 16.6 Å². The second kappa shape index (κ2) is 6.50. The fourth-order valence-electron chi connectivity index (χ4n) is 2.22. The second-order valence-corrected chi connectivity index (χ2v) is 8.22. The molecule has 3 rings (SSSR count). The van der Waals surface area contributed by atoms with E-state index < -0.39 is 19.2 Å². The first-order chi connectivity index (χ1) is 11.2. The molecule has 2 aromatic heterocycles. The number of rotatable bonds is 5. The SMILES string of the molecule is O=P(O)(O)CCCNc1nc(Cl)nc2c1sc1cc(F)c(F)cc12. The molecule has 1 aromatic carbocycles. The highest BCUT2D eigenvalue weighted by Crippen LogP contribution is 2.38. The number of hydrogen-bond acceptors (Lipinski definition) is 5. The van der Waals surface area contributed by atoms with Gasteiger partial charge in [-0.1, -0.05) is 0 Å². The molecule has 24 heavy (non-hydrogen) atoms. The van der Waals surface area contributed by atoms with Gasteiger partial charge >= 0.3 is 7.60 Å². The number of anilines is 1. The van der Waals surface area contributed by atoms with Crippen molar-refractivity contribution in [3.05, 3.63) is 29.1 Å². The largest absolute Gasteiger partial charge is 0.369 e. The van der Waals surface area contributed by atoms with Crippen LogP contribution in [0.4, 0.5) is 14.6 Å². The number of hydrogen-bond donors (Lipinski definition) is 3. The molecule has 0 saturated carbocycles. The molecule has 6 nitrogen and oxygen atoms in total. The van der Waals surface area contributed by atoms with Crippen LogP contribution in [0.3, 0.4) is 0 Å². The van der Waals surface area contributed by atoms with Crippen molar-refractivity contribution in [2.75, 3.05) is 18.0 Å². The summed E-state index contributed by atoms with van der Waals surface area (Å²) in [6, 6.07) is 2.15. The average Bonchev–Trinajstić information content (AvgIpc) is 2.81. The lowest BCUT2D eigenvalue weighted by Crippen LogP contribution is -2.06. The molecule has 0 aliphatic heterocycles. The molecule has 3 aromatic rings. The number of aromatic nitrogens is 2. The third-order valence-electron chi connectivity index (χ3n) is 3.25. The fourth-order valence-corrected chi connectivity index (χ4v) is 4.08. The average molecular weight is 394 g/mol. The molecule has 0 unspecified atom stereocenters. The number of thiophene rings is 1. The van der Waals surface area contributed by atoms with Gasteiger partial charge < -0.3 is 15.1 Å². The molecule has 0 spiro atoms. The van der Waals surface area contributed by atoms with Gasteiger partial charge in [0.25, 0.3) is 0 Å². The first-order valence-corrected chi connectivity index (χ1v) is 9.77. The Morgan fingerprint density at radius 3 is 2.67 bits per heavy atom. The van der Waals surface area contributed by atoms with Crippen LogP contribution >= 0.6 is 30.5 Å². The first kappa shape index (κ1) is 17.4. The zero-order chi connectivity index (χ0) is 17.5. The normalized spacial score (nSPS) is 12.2. The van der Waals surface area contributed by atoms with E-state index in [9.17, 15) is 13.3 Å². The Morgan fingerprint density at radius 2 is 1.96 bits per heavy atom. The Labute approximate surface area is 143 Å². The molecule has 0 aliphatic carbocycles. The molecule has 0 atom stereocenters. The monoisotopic (exact) mass is 393 g/mol. The van der Waals surface area contributed by atoms with Gasteiger partial charge in [0.15, 0.2) is 11.6 Å². The van der Waals surface area contributed by atoms with Gasteiger partial charge in [-0.3, -0.25) is 4.57 Å². The molecule has 0 radical (unpaired) electrons. The number of halogens is 3. The molecule has 0 aliphatic rings. The first-order valence-electron chi connectivity index (χ1n) is 6.78. The second-order valence-electron chi connectivity index (χ2n) is 5.05. The number of fused-ring (bicyclic) bond motifs is 3. The van der Waals surface area contributed by atoms with Crippen LogP contribution < -0.4 is 5.32 Å². The van der Waals surface area contributed by atoms with Crippen LogP contribution in [-0.2, 0) is 4.57 Å². The molecular formula is C13H11ClF2N3O3PS. The lowest BCUT2D eigenvalue weighted by Gasteiger charge is -2.07. The Morgan fingerprint density at radius 1 is 1.25 bits per heavy atom. The maximum absolute atomic E-state index is 13.5. The summed E-state index contributed by atoms with van der Waals surface area (Å²) >= 11 is 7.06. The lowest BCUT2D eigenvalue weighted by molar-refractivity contribution is 0.372. The standard InChI is InChI=1S/C13H11ClF2N3O3PS/c14-13-18-10-6-4-7(15)8(16)5-9(6)24-11(10)12(19-13)17-2-1-3-23(20,21)22/h4-5H,1-3H2,(H,17,18,19)(H2,20,21,22). The summed E-state index contributed by atoms with van der Waals surface area (Å²) in [5.41, 5.74) is 0.395. The Hall–Kier alpha value is -1.38.